The van der Waals surface area contributed by atoms with Crippen LogP contribution in [0.15, 0.2) is 38.6 Å². The minimum atomic E-state index is -0.726. The molecular weight excluding hydrogens is 222 g/mol. The highest BCUT2D eigenvalue weighted by Crippen LogP contribution is 2.19. The van der Waals surface area contributed by atoms with Crippen LogP contribution in [0.25, 0.3) is 21.4 Å². The predicted octanol–water partition coefficient (Wildman–Crippen LogP) is 2.94. The first-order valence-electron chi connectivity index (χ1n) is 4.76. The number of ketones is 1. The Balaban J connectivity index is 2.74. The zero-order chi connectivity index (χ0) is 12.4. The standard InChI is InChI=1S/C11H7N3O3/c1-6(15)7-2-3-8-4-9(13-14-12)11(16)17-10(8)5-7/h2-5H,1H3. The molecule has 2 aromatic rings. The SMILES string of the molecule is CC(=O)c1ccc2cc(N=[N+]=[N-])c(=O)oc2c1. The number of carbonyl (C=O) groups is 1. The molecule has 1 aromatic carbocycles. The van der Waals surface area contributed by atoms with Gasteiger partial charge in [0.25, 0.3) is 0 Å². The fraction of sp³-hybridized carbons (Fsp3) is 0.0909. The van der Waals surface area contributed by atoms with Crippen LogP contribution < -0.4 is 5.63 Å². The normalized spacial score (nSPS) is 9.94. The van der Waals surface area contributed by atoms with Crippen molar-refractivity contribution in [1.82, 2.24) is 0 Å². The van der Waals surface area contributed by atoms with Gasteiger partial charge in [-0.1, -0.05) is 17.2 Å². The Labute approximate surface area is 95.1 Å². The van der Waals surface area contributed by atoms with Crippen LogP contribution in [-0.2, 0) is 0 Å². The van der Waals surface area contributed by atoms with E-state index >= 15 is 0 Å². The number of fused-ring (bicyclic) bond motifs is 1. The van der Waals surface area contributed by atoms with Crippen molar-refractivity contribution in [1.29, 1.82) is 0 Å². The summed E-state index contributed by atoms with van der Waals surface area (Å²) in [6.45, 7) is 1.42. The maximum Gasteiger partial charge on any atom is 0.345 e. The summed E-state index contributed by atoms with van der Waals surface area (Å²) < 4.78 is 4.96. The van der Waals surface area contributed by atoms with Crippen LogP contribution in [0.2, 0.25) is 0 Å². The van der Waals surface area contributed by atoms with Crippen molar-refractivity contribution >= 4 is 22.4 Å². The minimum absolute atomic E-state index is 0.101. The number of Topliss-reactive ketones (excluding diaryl/α,β-unsaturated/α-hetero) is 1. The highest BCUT2D eigenvalue weighted by molar-refractivity contribution is 5.97. The van der Waals surface area contributed by atoms with Crippen LogP contribution in [0, 0.1) is 0 Å². The summed E-state index contributed by atoms with van der Waals surface area (Å²) in [6, 6.07) is 6.15. The van der Waals surface area contributed by atoms with Gasteiger partial charge < -0.3 is 4.42 Å². The summed E-state index contributed by atoms with van der Waals surface area (Å²) in [4.78, 5) is 25.1. The van der Waals surface area contributed by atoms with Crippen LogP contribution in [0.1, 0.15) is 17.3 Å². The number of hydrogen-bond acceptors (Lipinski definition) is 4. The Kier molecular flexibility index (Phi) is 2.64. The molecule has 0 bridgehead atoms. The zero-order valence-electron chi connectivity index (χ0n) is 8.88. The molecule has 0 aliphatic carbocycles. The van der Waals surface area contributed by atoms with E-state index in [1.807, 2.05) is 0 Å². The van der Waals surface area contributed by atoms with Crippen LogP contribution in [-0.4, -0.2) is 5.78 Å². The van der Waals surface area contributed by atoms with Crippen molar-refractivity contribution in [2.24, 2.45) is 5.11 Å². The number of hydrogen-bond donors (Lipinski definition) is 0. The summed E-state index contributed by atoms with van der Waals surface area (Å²) in [5, 5.41) is 3.82. The molecule has 0 radical (unpaired) electrons. The molecule has 1 heterocycles. The van der Waals surface area contributed by atoms with Gasteiger partial charge in [0.15, 0.2) is 5.78 Å². The van der Waals surface area contributed by atoms with Gasteiger partial charge in [0, 0.05) is 15.9 Å². The first-order valence-corrected chi connectivity index (χ1v) is 4.76. The third-order valence-corrected chi connectivity index (χ3v) is 2.28. The Morgan fingerprint density at radius 2 is 2.18 bits per heavy atom. The van der Waals surface area contributed by atoms with E-state index in [0.717, 1.165) is 0 Å². The summed E-state index contributed by atoms with van der Waals surface area (Å²) >= 11 is 0. The maximum absolute atomic E-state index is 11.4. The molecule has 0 saturated heterocycles. The van der Waals surface area contributed by atoms with Gasteiger partial charge in [0.2, 0.25) is 0 Å². The summed E-state index contributed by atoms with van der Waals surface area (Å²) in [5.74, 6) is -0.117. The lowest BCUT2D eigenvalue weighted by Crippen LogP contribution is -1.98. The molecule has 0 aliphatic heterocycles. The van der Waals surface area contributed by atoms with Crippen molar-refractivity contribution in [2.45, 2.75) is 6.92 Å². The number of carbonyl (C=O) groups excluding carboxylic acids is 1. The molecule has 0 unspecified atom stereocenters. The Hall–Kier alpha value is -2.59. The first-order chi connectivity index (χ1) is 8.11. The van der Waals surface area contributed by atoms with Gasteiger partial charge in [-0.05, 0) is 24.6 Å². The van der Waals surface area contributed by atoms with E-state index in [4.69, 9.17) is 9.95 Å². The van der Waals surface area contributed by atoms with E-state index in [0.29, 0.717) is 16.5 Å². The van der Waals surface area contributed by atoms with Gasteiger partial charge in [0.05, 0.1) is 0 Å². The third-order valence-electron chi connectivity index (χ3n) is 2.28. The second kappa shape index (κ2) is 4.11. The van der Waals surface area contributed by atoms with Crippen LogP contribution in [0.4, 0.5) is 5.69 Å². The van der Waals surface area contributed by atoms with Gasteiger partial charge in [-0.15, -0.1) is 0 Å². The molecule has 0 saturated carbocycles. The summed E-state index contributed by atoms with van der Waals surface area (Å²) in [6.07, 6.45) is 0. The molecular formula is C11H7N3O3. The lowest BCUT2D eigenvalue weighted by Gasteiger charge is -1.99. The largest absolute Gasteiger partial charge is 0.422 e. The number of azide groups is 1. The molecule has 1 aromatic heterocycles. The second-order valence-corrected chi connectivity index (χ2v) is 3.42. The molecule has 84 valence electrons. The first kappa shape index (κ1) is 10.9. The van der Waals surface area contributed by atoms with Crippen molar-refractivity contribution < 1.29 is 9.21 Å². The number of rotatable bonds is 2. The quantitative estimate of drug-likeness (QED) is 0.260. The molecule has 2 rings (SSSR count). The second-order valence-electron chi connectivity index (χ2n) is 3.42. The fourth-order valence-electron chi connectivity index (χ4n) is 1.44. The molecule has 6 nitrogen and oxygen atoms in total. The Morgan fingerprint density at radius 1 is 1.41 bits per heavy atom. The predicted molar refractivity (Wildman–Crippen MR) is 61.3 cm³/mol. The lowest BCUT2D eigenvalue weighted by molar-refractivity contribution is 0.101. The average molecular weight is 229 g/mol. The van der Waals surface area contributed by atoms with Gasteiger partial charge in [-0.25, -0.2) is 4.79 Å². The van der Waals surface area contributed by atoms with Gasteiger partial charge >= 0.3 is 5.63 Å². The minimum Gasteiger partial charge on any atom is -0.422 e. The van der Waals surface area contributed by atoms with Crippen LogP contribution in [0.5, 0.6) is 0 Å². The van der Waals surface area contributed by atoms with Crippen LogP contribution >= 0.6 is 0 Å². The molecule has 6 heteroatoms. The summed E-state index contributed by atoms with van der Waals surface area (Å²) in [7, 11) is 0. The van der Waals surface area contributed by atoms with E-state index in [1.54, 1.807) is 12.1 Å². The lowest BCUT2D eigenvalue weighted by atomic mass is 10.1. The van der Waals surface area contributed by atoms with E-state index in [9.17, 15) is 9.59 Å². The van der Waals surface area contributed by atoms with E-state index in [1.165, 1.54) is 19.1 Å². The third kappa shape index (κ3) is 2.02. The Morgan fingerprint density at radius 3 is 2.82 bits per heavy atom. The molecule has 17 heavy (non-hydrogen) atoms. The zero-order valence-corrected chi connectivity index (χ0v) is 8.88. The summed E-state index contributed by atoms with van der Waals surface area (Å²) in [5.41, 5.74) is 8.19. The van der Waals surface area contributed by atoms with Gasteiger partial charge in [-0.3, -0.25) is 4.79 Å². The molecule has 0 aliphatic rings. The highest BCUT2D eigenvalue weighted by Gasteiger charge is 2.06. The molecule has 0 N–H and O–H groups in total. The van der Waals surface area contributed by atoms with Crippen molar-refractivity contribution in [3.05, 3.63) is 50.7 Å². The number of nitrogens with zero attached hydrogens (tertiary/aromatic N) is 3. The van der Waals surface area contributed by atoms with Gasteiger partial charge in [0.1, 0.15) is 11.3 Å². The highest BCUT2D eigenvalue weighted by atomic mass is 16.4. The van der Waals surface area contributed by atoms with E-state index in [-0.39, 0.29) is 11.5 Å². The van der Waals surface area contributed by atoms with Crippen molar-refractivity contribution in [3.8, 4) is 0 Å². The topological polar surface area (TPSA) is 96.0 Å². The monoisotopic (exact) mass is 229 g/mol. The smallest absolute Gasteiger partial charge is 0.345 e. The fourth-order valence-corrected chi connectivity index (χ4v) is 1.44. The van der Waals surface area contributed by atoms with Gasteiger partial charge in [-0.2, -0.15) is 0 Å². The average Bonchev–Trinajstić information content (AvgIpc) is 2.29. The van der Waals surface area contributed by atoms with Crippen LogP contribution in [0.3, 0.4) is 0 Å². The molecule has 0 fully saturated rings. The molecule has 0 amide bonds. The van der Waals surface area contributed by atoms with Crippen molar-refractivity contribution in [3.63, 3.8) is 0 Å². The van der Waals surface area contributed by atoms with Crippen molar-refractivity contribution in [2.75, 3.05) is 0 Å². The Bertz CT molecular complexity index is 711. The van der Waals surface area contributed by atoms with E-state index in [2.05, 4.69) is 10.0 Å². The molecule has 0 atom stereocenters. The maximum atomic E-state index is 11.4. The molecule has 0 spiro atoms. The van der Waals surface area contributed by atoms with E-state index < -0.39 is 5.63 Å². The number of benzene rings is 1.